The highest BCUT2D eigenvalue weighted by Crippen LogP contribution is 2.12. The van der Waals surface area contributed by atoms with Gasteiger partial charge in [0.2, 0.25) is 5.91 Å². The van der Waals surface area contributed by atoms with Gasteiger partial charge in [0.1, 0.15) is 11.9 Å². The molecule has 0 spiro atoms. The molecule has 1 saturated heterocycles. The number of carbonyl (C=O) groups is 2. The van der Waals surface area contributed by atoms with Crippen molar-refractivity contribution in [3.8, 4) is 0 Å². The van der Waals surface area contributed by atoms with E-state index >= 15 is 0 Å². The SMILES string of the molecule is CC(NC(N)=O)C(=O)NCc1ccc(N2CCOCC2)nc1. The number of ether oxygens (including phenoxy) is 1. The van der Waals surface area contributed by atoms with Crippen LogP contribution in [0, 0.1) is 0 Å². The van der Waals surface area contributed by atoms with Crippen molar-refractivity contribution in [3.63, 3.8) is 0 Å². The van der Waals surface area contributed by atoms with Gasteiger partial charge in [-0.05, 0) is 18.6 Å². The summed E-state index contributed by atoms with van der Waals surface area (Å²) in [4.78, 5) is 29.0. The van der Waals surface area contributed by atoms with Gasteiger partial charge in [-0.3, -0.25) is 4.79 Å². The molecule has 0 bridgehead atoms. The highest BCUT2D eigenvalue weighted by molar-refractivity contribution is 5.86. The van der Waals surface area contributed by atoms with E-state index < -0.39 is 12.1 Å². The van der Waals surface area contributed by atoms with E-state index in [4.69, 9.17) is 10.5 Å². The van der Waals surface area contributed by atoms with Crippen LogP contribution in [0.2, 0.25) is 0 Å². The summed E-state index contributed by atoms with van der Waals surface area (Å²) in [5.41, 5.74) is 5.86. The molecule has 1 aliphatic heterocycles. The van der Waals surface area contributed by atoms with Crippen molar-refractivity contribution in [1.82, 2.24) is 15.6 Å². The summed E-state index contributed by atoms with van der Waals surface area (Å²) in [7, 11) is 0. The van der Waals surface area contributed by atoms with Gasteiger partial charge < -0.3 is 26.0 Å². The van der Waals surface area contributed by atoms with Crippen LogP contribution in [0.25, 0.3) is 0 Å². The Bertz CT molecular complexity index is 514. The molecular formula is C14H21N5O3. The first-order chi connectivity index (χ1) is 10.6. The Morgan fingerprint density at radius 2 is 2.14 bits per heavy atom. The summed E-state index contributed by atoms with van der Waals surface area (Å²) >= 11 is 0. The molecule has 1 fully saturated rings. The second-order valence-corrected chi connectivity index (χ2v) is 5.07. The Kier molecular flexibility index (Phi) is 5.54. The minimum absolute atomic E-state index is 0.295. The maximum Gasteiger partial charge on any atom is 0.312 e. The molecule has 8 nitrogen and oxygen atoms in total. The van der Waals surface area contributed by atoms with Gasteiger partial charge in [-0.25, -0.2) is 9.78 Å². The van der Waals surface area contributed by atoms with Crippen molar-refractivity contribution in [2.75, 3.05) is 31.2 Å². The maximum atomic E-state index is 11.7. The molecule has 120 valence electrons. The number of aromatic nitrogens is 1. The van der Waals surface area contributed by atoms with Crippen molar-refractivity contribution >= 4 is 17.8 Å². The smallest absolute Gasteiger partial charge is 0.312 e. The van der Waals surface area contributed by atoms with Crippen LogP contribution in [0.1, 0.15) is 12.5 Å². The normalized spacial score (nSPS) is 16.0. The summed E-state index contributed by atoms with van der Waals surface area (Å²) in [6.07, 6.45) is 1.73. The molecular weight excluding hydrogens is 286 g/mol. The van der Waals surface area contributed by atoms with Crippen molar-refractivity contribution in [2.24, 2.45) is 5.73 Å². The fourth-order valence-corrected chi connectivity index (χ4v) is 2.12. The van der Waals surface area contributed by atoms with Gasteiger partial charge in [-0.2, -0.15) is 0 Å². The lowest BCUT2D eigenvalue weighted by atomic mass is 10.2. The van der Waals surface area contributed by atoms with Crippen LogP contribution < -0.4 is 21.3 Å². The minimum atomic E-state index is -0.723. The molecule has 22 heavy (non-hydrogen) atoms. The standard InChI is InChI=1S/C14H21N5O3/c1-10(18-14(15)21)13(20)17-9-11-2-3-12(16-8-11)19-4-6-22-7-5-19/h2-3,8,10H,4-7,9H2,1H3,(H,17,20)(H3,15,18,21). The zero-order valence-corrected chi connectivity index (χ0v) is 12.5. The molecule has 1 atom stereocenters. The van der Waals surface area contributed by atoms with Crippen LogP contribution >= 0.6 is 0 Å². The Morgan fingerprint density at radius 1 is 1.41 bits per heavy atom. The molecule has 1 aromatic rings. The molecule has 1 aliphatic rings. The van der Waals surface area contributed by atoms with Crippen molar-refractivity contribution < 1.29 is 14.3 Å². The lowest BCUT2D eigenvalue weighted by Gasteiger charge is -2.27. The number of anilines is 1. The third kappa shape index (κ3) is 4.59. The molecule has 4 N–H and O–H groups in total. The van der Waals surface area contributed by atoms with Gasteiger partial charge in [-0.15, -0.1) is 0 Å². The molecule has 0 radical (unpaired) electrons. The summed E-state index contributed by atoms with van der Waals surface area (Å²) in [5, 5.41) is 5.04. The molecule has 0 saturated carbocycles. The monoisotopic (exact) mass is 307 g/mol. The first-order valence-electron chi connectivity index (χ1n) is 7.17. The number of nitrogens with one attached hydrogen (secondary N) is 2. The molecule has 3 amide bonds. The third-order valence-electron chi connectivity index (χ3n) is 3.36. The van der Waals surface area contributed by atoms with Crippen LogP contribution in [-0.4, -0.2) is 49.3 Å². The van der Waals surface area contributed by atoms with E-state index in [0.717, 1.165) is 24.5 Å². The molecule has 2 heterocycles. The number of carbonyl (C=O) groups excluding carboxylic acids is 2. The predicted octanol–water partition coefficient (Wildman–Crippen LogP) is -0.409. The number of hydrogen-bond acceptors (Lipinski definition) is 5. The minimum Gasteiger partial charge on any atom is -0.378 e. The average Bonchev–Trinajstić information content (AvgIpc) is 2.53. The Hall–Kier alpha value is -2.35. The van der Waals surface area contributed by atoms with Crippen LogP contribution in [0.4, 0.5) is 10.6 Å². The average molecular weight is 307 g/mol. The van der Waals surface area contributed by atoms with E-state index in [-0.39, 0.29) is 5.91 Å². The Labute approximate surface area is 129 Å². The highest BCUT2D eigenvalue weighted by Gasteiger charge is 2.14. The zero-order valence-electron chi connectivity index (χ0n) is 12.5. The summed E-state index contributed by atoms with van der Waals surface area (Å²) in [5.74, 6) is 0.609. The van der Waals surface area contributed by atoms with Crippen LogP contribution in [0.3, 0.4) is 0 Å². The largest absolute Gasteiger partial charge is 0.378 e. The number of primary amides is 1. The Morgan fingerprint density at radius 3 is 2.73 bits per heavy atom. The molecule has 8 heteroatoms. The number of pyridine rings is 1. The number of hydrogen-bond donors (Lipinski definition) is 3. The van der Waals surface area contributed by atoms with Crippen molar-refractivity contribution in [3.05, 3.63) is 23.9 Å². The molecule has 0 aliphatic carbocycles. The number of urea groups is 1. The van der Waals surface area contributed by atoms with E-state index in [2.05, 4.69) is 20.5 Å². The fourth-order valence-electron chi connectivity index (χ4n) is 2.12. The first kappa shape index (κ1) is 16.0. The Balaban J connectivity index is 1.83. The number of nitrogens with zero attached hydrogens (tertiary/aromatic N) is 2. The van der Waals surface area contributed by atoms with E-state index in [1.54, 1.807) is 13.1 Å². The van der Waals surface area contributed by atoms with Gasteiger partial charge in [0.05, 0.1) is 13.2 Å². The molecule has 0 aromatic carbocycles. The van der Waals surface area contributed by atoms with Crippen LogP contribution in [-0.2, 0) is 16.1 Å². The second kappa shape index (κ2) is 7.60. The summed E-state index contributed by atoms with van der Waals surface area (Å²) < 4.78 is 5.30. The molecule has 1 unspecified atom stereocenters. The zero-order chi connectivity index (χ0) is 15.9. The molecule has 1 aromatic heterocycles. The van der Waals surface area contributed by atoms with Crippen molar-refractivity contribution in [1.29, 1.82) is 0 Å². The third-order valence-corrected chi connectivity index (χ3v) is 3.36. The van der Waals surface area contributed by atoms with E-state index in [9.17, 15) is 9.59 Å². The predicted molar refractivity (Wildman–Crippen MR) is 81.3 cm³/mol. The summed E-state index contributed by atoms with van der Waals surface area (Å²) in [6.45, 7) is 5.01. The second-order valence-electron chi connectivity index (χ2n) is 5.07. The van der Waals surface area contributed by atoms with E-state index in [1.807, 2.05) is 12.1 Å². The van der Waals surface area contributed by atoms with Crippen LogP contribution in [0.15, 0.2) is 18.3 Å². The highest BCUT2D eigenvalue weighted by atomic mass is 16.5. The lowest BCUT2D eigenvalue weighted by Crippen LogP contribution is -2.46. The fraction of sp³-hybridized carbons (Fsp3) is 0.500. The van der Waals surface area contributed by atoms with Gasteiger partial charge in [0, 0.05) is 25.8 Å². The van der Waals surface area contributed by atoms with Gasteiger partial charge >= 0.3 is 6.03 Å². The van der Waals surface area contributed by atoms with E-state index in [0.29, 0.717) is 19.8 Å². The summed E-state index contributed by atoms with van der Waals surface area (Å²) in [6, 6.07) is 2.46. The topological polar surface area (TPSA) is 110 Å². The van der Waals surface area contributed by atoms with Crippen molar-refractivity contribution in [2.45, 2.75) is 19.5 Å². The lowest BCUT2D eigenvalue weighted by molar-refractivity contribution is -0.122. The molecule has 2 rings (SSSR count). The quantitative estimate of drug-likeness (QED) is 0.685. The number of nitrogens with two attached hydrogens (primary N) is 1. The van der Waals surface area contributed by atoms with Gasteiger partial charge in [0.15, 0.2) is 0 Å². The van der Waals surface area contributed by atoms with Gasteiger partial charge in [-0.1, -0.05) is 6.07 Å². The number of morpholine rings is 1. The van der Waals surface area contributed by atoms with Gasteiger partial charge in [0.25, 0.3) is 0 Å². The number of rotatable bonds is 5. The number of amides is 3. The first-order valence-corrected chi connectivity index (χ1v) is 7.17. The van der Waals surface area contributed by atoms with Crippen LogP contribution in [0.5, 0.6) is 0 Å². The maximum absolute atomic E-state index is 11.7. The van der Waals surface area contributed by atoms with E-state index in [1.165, 1.54) is 0 Å².